The molecular weight excluding hydrogens is 414 g/mol. The molecule has 0 spiro atoms. The summed E-state index contributed by atoms with van der Waals surface area (Å²) in [7, 11) is 0. The van der Waals surface area contributed by atoms with E-state index in [1.54, 1.807) is 13.8 Å². The lowest BCUT2D eigenvalue weighted by atomic mass is 10.0. The van der Waals surface area contributed by atoms with Gasteiger partial charge in [0.25, 0.3) is 0 Å². The first-order valence-corrected chi connectivity index (χ1v) is 9.64. The van der Waals surface area contributed by atoms with Gasteiger partial charge in [-0.1, -0.05) is 13.8 Å². The van der Waals surface area contributed by atoms with Gasteiger partial charge in [0.15, 0.2) is 0 Å². The molecule has 0 aromatic carbocycles. The van der Waals surface area contributed by atoms with Gasteiger partial charge in [0.2, 0.25) is 23.6 Å². The number of carboxylic acids is 2. The molecule has 176 valence electrons. The Morgan fingerprint density at radius 2 is 1.35 bits per heavy atom. The molecular formula is C18H31N5O8. The summed E-state index contributed by atoms with van der Waals surface area (Å²) in [6, 6.07) is -5.04. The van der Waals surface area contributed by atoms with Crippen LogP contribution in [-0.4, -0.2) is 69.9 Å². The zero-order chi connectivity index (χ0) is 24.3. The highest BCUT2D eigenvalue weighted by Crippen LogP contribution is 2.07. The number of nitrogens with two attached hydrogens (primary N) is 2. The molecule has 0 fully saturated rings. The van der Waals surface area contributed by atoms with E-state index in [2.05, 4.69) is 16.0 Å². The van der Waals surface area contributed by atoms with Crippen molar-refractivity contribution < 1.29 is 39.0 Å². The van der Waals surface area contributed by atoms with Gasteiger partial charge in [0, 0.05) is 6.42 Å². The molecule has 0 aromatic rings. The quantitative estimate of drug-likeness (QED) is 0.151. The average molecular weight is 445 g/mol. The smallest absolute Gasteiger partial charge is 0.325 e. The maximum absolute atomic E-state index is 12.7. The summed E-state index contributed by atoms with van der Waals surface area (Å²) < 4.78 is 0. The zero-order valence-corrected chi connectivity index (χ0v) is 17.7. The van der Waals surface area contributed by atoms with E-state index < -0.39 is 66.2 Å². The van der Waals surface area contributed by atoms with Gasteiger partial charge in [-0.25, -0.2) is 0 Å². The van der Waals surface area contributed by atoms with Crippen molar-refractivity contribution in [2.45, 2.75) is 70.6 Å². The first kappa shape index (κ1) is 27.8. The second-order valence-electron chi connectivity index (χ2n) is 7.53. The molecule has 0 aromatic heterocycles. The Kier molecular flexibility index (Phi) is 11.8. The Hall–Kier alpha value is -3.22. The van der Waals surface area contributed by atoms with Crippen LogP contribution in [0.25, 0.3) is 0 Å². The van der Waals surface area contributed by atoms with Crippen LogP contribution >= 0.6 is 0 Å². The van der Waals surface area contributed by atoms with Crippen molar-refractivity contribution in [2.75, 3.05) is 0 Å². The van der Waals surface area contributed by atoms with Crippen LogP contribution in [0, 0.1) is 5.92 Å². The van der Waals surface area contributed by atoms with Gasteiger partial charge in [0.05, 0.1) is 12.5 Å². The molecule has 0 saturated carbocycles. The number of nitrogens with one attached hydrogen (secondary N) is 3. The summed E-state index contributed by atoms with van der Waals surface area (Å²) in [4.78, 5) is 70.1. The molecule has 0 radical (unpaired) electrons. The van der Waals surface area contributed by atoms with Crippen LogP contribution in [-0.2, 0) is 28.8 Å². The number of amides is 4. The summed E-state index contributed by atoms with van der Waals surface area (Å²) >= 11 is 0. The molecule has 0 aliphatic carbocycles. The highest BCUT2D eigenvalue weighted by Gasteiger charge is 2.30. The van der Waals surface area contributed by atoms with Gasteiger partial charge in [-0.05, 0) is 25.7 Å². The third-order valence-electron chi connectivity index (χ3n) is 4.11. The van der Waals surface area contributed by atoms with Crippen molar-refractivity contribution >= 4 is 35.6 Å². The zero-order valence-electron chi connectivity index (χ0n) is 17.7. The molecule has 0 bridgehead atoms. The lowest BCUT2D eigenvalue weighted by Gasteiger charge is -2.25. The standard InChI is InChI=1S/C18H31N5O8/c1-8(2)6-11(16(28)21-9(3)18(30)31)23-17(29)12(7-13(20)24)22-15(27)10(19)4-5-14(25)26/h8-12H,4-7,19H2,1-3H3,(H2,20,24)(H,21,28)(H,22,27)(H,23,29)(H,25,26)(H,30,31). The number of hydrogen-bond donors (Lipinski definition) is 7. The fraction of sp³-hybridized carbons (Fsp3) is 0.667. The minimum absolute atomic E-state index is 0.0650. The van der Waals surface area contributed by atoms with Gasteiger partial charge in [-0.3, -0.25) is 28.8 Å². The molecule has 31 heavy (non-hydrogen) atoms. The molecule has 13 heteroatoms. The molecule has 4 atom stereocenters. The van der Waals surface area contributed by atoms with Crippen LogP contribution in [0.3, 0.4) is 0 Å². The lowest BCUT2D eigenvalue weighted by molar-refractivity contribution is -0.142. The molecule has 0 rings (SSSR count). The Balaban J connectivity index is 5.34. The summed E-state index contributed by atoms with van der Waals surface area (Å²) in [6.07, 6.45) is -1.01. The van der Waals surface area contributed by atoms with Gasteiger partial charge < -0.3 is 37.6 Å². The van der Waals surface area contributed by atoms with Crippen molar-refractivity contribution in [2.24, 2.45) is 17.4 Å². The summed E-state index contributed by atoms with van der Waals surface area (Å²) in [5.74, 6) is -5.92. The van der Waals surface area contributed by atoms with Gasteiger partial charge in [-0.2, -0.15) is 0 Å². The molecule has 4 amide bonds. The monoisotopic (exact) mass is 445 g/mol. The molecule has 0 heterocycles. The number of rotatable bonds is 14. The van der Waals surface area contributed by atoms with E-state index in [-0.39, 0.29) is 25.2 Å². The predicted octanol–water partition coefficient (Wildman–Crippen LogP) is -2.34. The first-order chi connectivity index (χ1) is 14.2. The lowest BCUT2D eigenvalue weighted by Crippen LogP contribution is -2.57. The number of carbonyl (C=O) groups excluding carboxylic acids is 4. The van der Waals surface area contributed by atoms with Crippen molar-refractivity contribution in [3.8, 4) is 0 Å². The molecule has 0 aliphatic rings. The van der Waals surface area contributed by atoms with E-state index in [1.807, 2.05) is 0 Å². The van der Waals surface area contributed by atoms with Crippen LogP contribution in [0.2, 0.25) is 0 Å². The molecule has 4 unspecified atom stereocenters. The van der Waals surface area contributed by atoms with Crippen LogP contribution < -0.4 is 27.4 Å². The number of carboxylic acid groups (broad SMARTS) is 2. The van der Waals surface area contributed by atoms with Gasteiger partial charge in [-0.15, -0.1) is 0 Å². The third kappa shape index (κ3) is 11.5. The molecule has 0 saturated heterocycles. The third-order valence-corrected chi connectivity index (χ3v) is 4.11. The van der Waals surface area contributed by atoms with Gasteiger partial charge >= 0.3 is 11.9 Å². The van der Waals surface area contributed by atoms with E-state index >= 15 is 0 Å². The van der Waals surface area contributed by atoms with Crippen molar-refractivity contribution in [3.63, 3.8) is 0 Å². The number of hydrogen-bond acceptors (Lipinski definition) is 7. The SMILES string of the molecule is CC(C)CC(NC(=O)C(CC(N)=O)NC(=O)C(N)CCC(=O)O)C(=O)NC(C)C(=O)O. The normalized spacial score (nSPS) is 14.6. The summed E-state index contributed by atoms with van der Waals surface area (Å²) in [5.41, 5.74) is 10.7. The van der Waals surface area contributed by atoms with Crippen molar-refractivity contribution in [3.05, 3.63) is 0 Å². The fourth-order valence-corrected chi connectivity index (χ4v) is 2.45. The van der Waals surface area contributed by atoms with Crippen LogP contribution in [0.1, 0.15) is 46.5 Å². The predicted molar refractivity (Wildman–Crippen MR) is 107 cm³/mol. The number of carbonyl (C=O) groups is 6. The Morgan fingerprint density at radius 3 is 1.81 bits per heavy atom. The Morgan fingerprint density at radius 1 is 0.839 bits per heavy atom. The van der Waals surface area contributed by atoms with Crippen molar-refractivity contribution in [1.29, 1.82) is 0 Å². The van der Waals surface area contributed by atoms with E-state index in [1.165, 1.54) is 6.92 Å². The fourth-order valence-electron chi connectivity index (χ4n) is 2.45. The average Bonchev–Trinajstić information content (AvgIpc) is 2.63. The first-order valence-electron chi connectivity index (χ1n) is 9.64. The van der Waals surface area contributed by atoms with E-state index in [0.29, 0.717) is 0 Å². The maximum atomic E-state index is 12.7. The maximum Gasteiger partial charge on any atom is 0.325 e. The molecule has 0 aliphatic heterocycles. The highest BCUT2D eigenvalue weighted by atomic mass is 16.4. The number of aliphatic carboxylic acids is 2. The molecule has 9 N–H and O–H groups in total. The Bertz CT molecular complexity index is 696. The highest BCUT2D eigenvalue weighted by molar-refractivity contribution is 5.96. The minimum Gasteiger partial charge on any atom is -0.481 e. The van der Waals surface area contributed by atoms with Crippen LogP contribution in [0.5, 0.6) is 0 Å². The Labute approximate surface area is 179 Å². The molecule has 13 nitrogen and oxygen atoms in total. The second kappa shape index (κ2) is 13.2. The minimum atomic E-state index is -1.46. The number of primary amides is 1. The van der Waals surface area contributed by atoms with Gasteiger partial charge in [0.1, 0.15) is 18.1 Å². The summed E-state index contributed by atoms with van der Waals surface area (Å²) in [6.45, 7) is 4.80. The van der Waals surface area contributed by atoms with Crippen LogP contribution in [0.15, 0.2) is 0 Å². The van der Waals surface area contributed by atoms with Crippen molar-refractivity contribution in [1.82, 2.24) is 16.0 Å². The largest absolute Gasteiger partial charge is 0.481 e. The van der Waals surface area contributed by atoms with E-state index in [9.17, 15) is 28.8 Å². The van der Waals surface area contributed by atoms with E-state index in [4.69, 9.17) is 21.7 Å². The van der Waals surface area contributed by atoms with Crippen LogP contribution in [0.4, 0.5) is 0 Å². The topological polar surface area (TPSA) is 231 Å². The van der Waals surface area contributed by atoms with E-state index in [0.717, 1.165) is 0 Å². The summed E-state index contributed by atoms with van der Waals surface area (Å²) in [5, 5.41) is 24.5. The second-order valence-corrected chi connectivity index (χ2v) is 7.53.